The summed E-state index contributed by atoms with van der Waals surface area (Å²) in [5.41, 5.74) is 0.347. The van der Waals surface area contributed by atoms with Crippen LogP contribution < -0.4 is 9.47 Å². The van der Waals surface area contributed by atoms with Gasteiger partial charge in [-0.2, -0.15) is 0 Å². The van der Waals surface area contributed by atoms with Crippen molar-refractivity contribution in [2.75, 3.05) is 7.11 Å². The van der Waals surface area contributed by atoms with Crippen molar-refractivity contribution >= 4 is 21.6 Å². The van der Waals surface area contributed by atoms with Gasteiger partial charge in [0.15, 0.2) is 0 Å². The van der Waals surface area contributed by atoms with Crippen LogP contribution in [0.1, 0.15) is 5.56 Å². The van der Waals surface area contributed by atoms with Crippen LogP contribution in [-0.2, 0) is 0 Å². The molecule has 0 saturated carbocycles. The zero-order valence-electron chi connectivity index (χ0n) is 10.8. The minimum Gasteiger partial charge on any atom is -0.497 e. The third-order valence-corrected chi connectivity index (χ3v) is 3.24. The van der Waals surface area contributed by atoms with Gasteiger partial charge in [0, 0.05) is 11.8 Å². The number of benzene rings is 1. The van der Waals surface area contributed by atoms with Crippen molar-refractivity contribution in [3.63, 3.8) is 0 Å². The van der Waals surface area contributed by atoms with E-state index in [1.165, 1.54) is 6.20 Å². The third kappa shape index (κ3) is 2.88. The molecule has 0 atom stereocenters. The van der Waals surface area contributed by atoms with Gasteiger partial charge in [-0.05, 0) is 47.1 Å². The van der Waals surface area contributed by atoms with E-state index in [-0.39, 0.29) is 11.6 Å². The number of nitrogens with zero attached hydrogens (tertiary/aromatic N) is 2. The number of aromatic nitrogens is 1. The fraction of sp³-hybridized carbons (Fsp3) is 0.154. The molecule has 0 aliphatic carbocycles. The zero-order chi connectivity index (χ0) is 14.7. The molecule has 2 aromatic rings. The van der Waals surface area contributed by atoms with E-state index in [1.807, 2.05) is 0 Å². The Labute approximate surface area is 123 Å². The molecule has 20 heavy (non-hydrogen) atoms. The van der Waals surface area contributed by atoms with E-state index < -0.39 is 4.92 Å². The first-order valence-electron chi connectivity index (χ1n) is 5.64. The van der Waals surface area contributed by atoms with Crippen molar-refractivity contribution in [1.82, 2.24) is 4.98 Å². The number of aryl methyl sites for hydroxylation is 1. The quantitative estimate of drug-likeness (QED) is 0.625. The van der Waals surface area contributed by atoms with E-state index >= 15 is 0 Å². The zero-order valence-corrected chi connectivity index (χ0v) is 12.4. The van der Waals surface area contributed by atoms with Crippen LogP contribution in [0.25, 0.3) is 0 Å². The molecule has 0 unspecified atom stereocenters. The molecule has 6 nitrogen and oxygen atoms in total. The average Bonchev–Trinajstić information content (AvgIpc) is 2.40. The monoisotopic (exact) mass is 338 g/mol. The highest BCUT2D eigenvalue weighted by atomic mass is 79.9. The van der Waals surface area contributed by atoms with Crippen LogP contribution in [0.4, 0.5) is 5.69 Å². The Hall–Kier alpha value is -2.15. The molecule has 0 aliphatic heterocycles. The molecule has 0 saturated heterocycles. The molecule has 7 heteroatoms. The lowest BCUT2D eigenvalue weighted by Crippen LogP contribution is -1.98. The highest BCUT2D eigenvalue weighted by Gasteiger charge is 2.21. The van der Waals surface area contributed by atoms with E-state index in [0.29, 0.717) is 21.5 Å². The molecule has 0 fully saturated rings. The molecular formula is C13H11BrN2O4. The van der Waals surface area contributed by atoms with Gasteiger partial charge in [0.25, 0.3) is 5.88 Å². The summed E-state index contributed by atoms with van der Waals surface area (Å²) in [7, 11) is 1.55. The number of ether oxygens (including phenoxy) is 2. The smallest absolute Gasteiger partial charge is 0.334 e. The van der Waals surface area contributed by atoms with Gasteiger partial charge in [0.2, 0.25) is 0 Å². The number of halogens is 1. The van der Waals surface area contributed by atoms with Crippen molar-refractivity contribution in [3.8, 4) is 17.4 Å². The van der Waals surface area contributed by atoms with Gasteiger partial charge in [-0.25, -0.2) is 4.98 Å². The first kappa shape index (κ1) is 14.3. The number of rotatable bonds is 4. The lowest BCUT2D eigenvalue weighted by atomic mass is 10.2. The van der Waals surface area contributed by atoms with E-state index in [1.54, 1.807) is 38.3 Å². The summed E-state index contributed by atoms with van der Waals surface area (Å²) in [6.07, 6.45) is 1.47. The van der Waals surface area contributed by atoms with Crippen molar-refractivity contribution in [3.05, 3.63) is 50.6 Å². The lowest BCUT2D eigenvalue weighted by molar-refractivity contribution is -0.386. The number of nitro groups is 1. The van der Waals surface area contributed by atoms with Crippen LogP contribution in [-0.4, -0.2) is 17.0 Å². The highest BCUT2D eigenvalue weighted by molar-refractivity contribution is 9.10. The Kier molecular flexibility index (Phi) is 4.19. The van der Waals surface area contributed by atoms with Gasteiger partial charge in [-0.15, -0.1) is 0 Å². The second-order valence-electron chi connectivity index (χ2n) is 3.94. The van der Waals surface area contributed by atoms with Crippen LogP contribution >= 0.6 is 15.9 Å². The molecule has 1 heterocycles. The van der Waals surface area contributed by atoms with Gasteiger partial charge in [-0.1, -0.05) is 0 Å². The normalized spacial score (nSPS) is 10.2. The highest BCUT2D eigenvalue weighted by Crippen LogP contribution is 2.36. The van der Waals surface area contributed by atoms with Crippen molar-refractivity contribution in [1.29, 1.82) is 0 Å². The van der Waals surface area contributed by atoms with Gasteiger partial charge >= 0.3 is 5.69 Å². The molecule has 0 N–H and O–H groups in total. The predicted octanol–water partition coefficient (Wildman–Crippen LogP) is 3.86. The first-order chi connectivity index (χ1) is 9.52. The maximum absolute atomic E-state index is 11.1. The van der Waals surface area contributed by atoms with Gasteiger partial charge in [-0.3, -0.25) is 10.1 Å². The van der Waals surface area contributed by atoms with Crippen LogP contribution in [0.2, 0.25) is 0 Å². The summed E-state index contributed by atoms with van der Waals surface area (Å²) >= 11 is 3.32. The Balaban J connectivity index is 2.40. The summed E-state index contributed by atoms with van der Waals surface area (Å²) in [4.78, 5) is 14.5. The Morgan fingerprint density at radius 2 is 2.10 bits per heavy atom. The topological polar surface area (TPSA) is 74.5 Å². The summed E-state index contributed by atoms with van der Waals surface area (Å²) in [6.45, 7) is 1.63. The SMILES string of the molecule is COc1ccc(Oc2nccc(C)c2[N+](=O)[O-])c(Br)c1. The molecule has 0 bridgehead atoms. The fourth-order valence-corrected chi connectivity index (χ4v) is 2.06. The predicted molar refractivity (Wildman–Crippen MR) is 76.4 cm³/mol. The Morgan fingerprint density at radius 1 is 1.35 bits per heavy atom. The summed E-state index contributed by atoms with van der Waals surface area (Å²) < 4.78 is 11.2. The molecular weight excluding hydrogens is 328 g/mol. The Morgan fingerprint density at radius 3 is 2.70 bits per heavy atom. The largest absolute Gasteiger partial charge is 0.497 e. The number of pyridine rings is 1. The number of hydrogen-bond donors (Lipinski definition) is 0. The van der Waals surface area contributed by atoms with Crippen LogP contribution in [0.3, 0.4) is 0 Å². The maximum Gasteiger partial charge on any atom is 0.334 e. The molecule has 0 amide bonds. The minimum absolute atomic E-state index is 0.0409. The maximum atomic E-state index is 11.1. The van der Waals surface area contributed by atoms with Crippen molar-refractivity contribution < 1.29 is 14.4 Å². The van der Waals surface area contributed by atoms with Crippen LogP contribution in [0, 0.1) is 17.0 Å². The van der Waals surface area contributed by atoms with E-state index in [2.05, 4.69) is 20.9 Å². The van der Waals surface area contributed by atoms with E-state index in [4.69, 9.17) is 9.47 Å². The Bertz CT molecular complexity index is 661. The average molecular weight is 339 g/mol. The molecule has 0 aliphatic rings. The first-order valence-corrected chi connectivity index (χ1v) is 6.43. The third-order valence-electron chi connectivity index (χ3n) is 2.62. The van der Waals surface area contributed by atoms with Gasteiger partial charge in [0.05, 0.1) is 16.5 Å². The van der Waals surface area contributed by atoms with Crippen LogP contribution in [0.15, 0.2) is 34.9 Å². The van der Waals surface area contributed by atoms with Gasteiger partial charge < -0.3 is 9.47 Å². The lowest BCUT2D eigenvalue weighted by Gasteiger charge is -2.09. The number of methoxy groups -OCH3 is 1. The fourth-order valence-electron chi connectivity index (χ4n) is 1.62. The van der Waals surface area contributed by atoms with E-state index in [0.717, 1.165) is 0 Å². The second kappa shape index (κ2) is 5.87. The molecule has 0 spiro atoms. The summed E-state index contributed by atoms with van der Waals surface area (Å²) in [6, 6.07) is 6.61. The molecule has 1 aromatic heterocycles. The van der Waals surface area contributed by atoms with E-state index in [9.17, 15) is 10.1 Å². The molecule has 0 radical (unpaired) electrons. The molecule has 2 rings (SSSR count). The molecule has 1 aromatic carbocycles. The second-order valence-corrected chi connectivity index (χ2v) is 4.79. The van der Waals surface area contributed by atoms with Crippen molar-refractivity contribution in [2.45, 2.75) is 6.92 Å². The molecule has 104 valence electrons. The number of hydrogen-bond acceptors (Lipinski definition) is 5. The summed E-state index contributed by atoms with van der Waals surface area (Å²) in [5, 5.41) is 11.1. The van der Waals surface area contributed by atoms with Crippen LogP contribution in [0.5, 0.6) is 17.4 Å². The summed E-state index contributed by atoms with van der Waals surface area (Å²) in [5.74, 6) is 1.03. The van der Waals surface area contributed by atoms with Crippen molar-refractivity contribution in [2.24, 2.45) is 0 Å². The standard InChI is InChI=1S/C13H11BrN2O4/c1-8-5-6-15-13(12(8)16(17)18)20-11-4-3-9(19-2)7-10(11)14/h3-7H,1-2H3. The van der Waals surface area contributed by atoms with Gasteiger partial charge in [0.1, 0.15) is 11.5 Å². The minimum atomic E-state index is -0.505.